The molecule has 1 aliphatic heterocycles. The Labute approximate surface area is 137 Å². The van der Waals surface area contributed by atoms with Gasteiger partial charge >= 0.3 is 0 Å². The first-order valence-corrected chi connectivity index (χ1v) is 7.63. The van der Waals surface area contributed by atoms with E-state index in [1.54, 1.807) is 4.90 Å². The summed E-state index contributed by atoms with van der Waals surface area (Å²) in [5.74, 6) is 1.60. The molecule has 0 bridgehead atoms. The first-order chi connectivity index (χ1) is 10.1. The number of aryl methyl sites for hydroxylation is 1. The maximum atomic E-state index is 12.4. The SMILES string of the molecule is CCc1nc(C2CN(C(=O)C(N)C(C)CC)CCO2)n[nH]1.Cl. The standard InChI is InChI=1S/C14H25N5O2.ClH/c1-4-9(3)12(15)14(20)19-6-7-21-10(8-19)13-16-11(5-2)17-18-13;/h9-10,12H,4-8,15H2,1-3H3,(H,16,17,18);1H. The number of aromatic nitrogens is 3. The Morgan fingerprint density at radius 1 is 1.55 bits per heavy atom. The average Bonchev–Trinajstić information content (AvgIpc) is 3.02. The van der Waals surface area contributed by atoms with Crippen LogP contribution in [0.1, 0.15) is 44.9 Å². The van der Waals surface area contributed by atoms with E-state index >= 15 is 0 Å². The lowest BCUT2D eigenvalue weighted by molar-refractivity contribution is -0.141. The van der Waals surface area contributed by atoms with Gasteiger partial charge in [-0.1, -0.05) is 27.2 Å². The third-order valence-corrected chi connectivity index (χ3v) is 4.09. The molecule has 0 spiro atoms. The van der Waals surface area contributed by atoms with Gasteiger partial charge in [-0.15, -0.1) is 12.4 Å². The Morgan fingerprint density at radius 3 is 2.86 bits per heavy atom. The molecule has 1 aliphatic rings. The van der Waals surface area contributed by atoms with Crippen LogP contribution in [0.2, 0.25) is 0 Å². The van der Waals surface area contributed by atoms with E-state index in [1.165, 1.54) is 0 Å². The highest BCUT2D eigenvalue weighted by Gasteiger charge is 2.31. The van der Waals surface area contributed by atoms with Crippen LogP contribution in [-0.4, -0.2) is 51.7 Å². The van der Waals surface area contributed by atoms with Crippen molar-refractivity contribution in [2.45, 2.75) is 45.8 Å². The molecule has 126 valence electrons. The Balaban J connectivity index is 0.00000242. The van der Waals surface area contributed by atoms with Crippen LogP contribution in [-0.2, 0) is 16.0 Å². The number of halogens is 1. The number of morpholine rings is 1. The van der Waals surface area contributed by atoms with Crippen molar-refractivity contribution in [2.75, 3.05) is 19.7 Å². The van der Waals surface area contributed by atoms with Gasteiger partial charge in [-0.2, -0.15) is 5.10 Å². The summed E-state index contributed by atoms with van der Waals surface area (Å²) in [5.41, 5.74) is 6.04. The highest BCUT2D eigenvalue weighted by molar-refractivity contribution is 5.85. The number of H-pyrrole nitrogens is 1. The summed E-state index contributed by atoms with van der Waals surface area (Å²) in [4.78, 5) is 18.6. The van der Waals surface area contributed by atoms with Gasteiger partial charge in [-0.25, -0.2) is 4.98 Å². The fraction of sp³-hybridized carbons (Fsp3) is 0.786. The summed E-state index contributed by atoms with van der Waals surface area (Å²) in [7, 11) is 0. The van der Waals surface area contributed by atoms with Crippen molar-refractivity contribution in [3.8, 4) is 0 Å². The Kier molecular flexibility index (Phi) is 7.25. The van der Waals surface area contributed by atoms with Crippen LogP contribution in [0.15, 0.2) is 0 Å². The molecule has 22 heavy (non-hydrogen) atoms. The van der Waals surface area contributed by atoms with Gasteiger partial charge in [0.25, 0.3) is 0 Å². The second-order valence-corrected chi connectivity index (χ2v) is 5.55. The summed E-state index contributed by atoms with van der Waals surface area (Å²) in [6.45, 7) is 7.57. The number of hydrogen-bond donors (Lipinski definition) is 2. The number of ether oxygens (including phenoxy) is 1. The predicted molar refractivity (Wildman–Crippen MR) is 85.7 cm³/mol. The van der Waals surface area contributed by atoms with Crippen LogP contribution in [0.4, 0.5) is 0 Å². The van der Waals surface area contributed by atoms with Gasteiger partial charge in [0.2, 0.25) is 5.91 Å². The number of nitrogens with zero attached hydrogens (tertiary/aromatic N) is 3. The highest BCUT2D eigenvalue weighted by atomic mass is 35.5. The van der Waals surface area contributed by atoms with E-state index in [4.69, 9.17) is 10.5 Å². The average molecular weight is 332 g/mol. The van der Waals surface area contributed by atoms with Crippen molar-refractivity contribution in [1.29, 1.82) is 0 Å². The molecule has 3 atom stereocenters. The first kappa shape index (κ1) is 18.9. The number of hydrogen-bond acceptors (Lipinski definition) is 5. The van der Waals surface area contributed by atoms with Crippen molar-refractivity contribution in [1.82, 2.24) is 20.1 Å². The fourth-order valence-electron chi connectivity index (χ4n) is 2.33. The van der Waals surface area contributed by atoms with Crippen molar-refractivity contribution < 1.29 is 9.53 Å². The molecule has 2 heterocycles. The molecular formula is C14H26ClN5O2. The van der Waals surface area contributed by atoms with Crippen LogP contribution >= 0.6 is 12.4 Å². The largest absolute Gasteiger partial charge is 0.366 e. The molecular weight excluding hydrogens is 306 g/mol. The van der Waals surface area contributed by atoms with Crippen LogP contribution in [0, 0.1) is 5.92 Å². The molecule has 0 aromatic carbocycles. The second kappa shape index (κ2) is 8.45. The van der Waals surface area contributed by atoms with E-state index in [1.807, 2.05) is 20.8 Å². The number of carbonyl (C=O) groups is 1. The Hall–Kier alpha value is -1.18. The van der Waals surface area contributed by atoms with E-state index in [0.29, 0.717) is 25.5 Å². The predicted octanol–water partition coefficient (Wildman–Crippen LogP) is 1.06. The van der Waals surface area contributed by atoms with Crippen LogP contribution < -0.4 is 5.73 Å². The zero-order valence-electron chi connectivity index (χ0n) is 13.4. The van der Waals surface area contributed by atoms with Crippen LogP contribution in [0.25, 0.3) is 0 Å². The number of carbonyl (C=O) groups excluding carboxylic acids is 1. The van der Waals surface area contributed by atoms with Crippen LogP contribution in [0.3, 0.4) is 0 Å². The minimum absolute atomic E-state index is 0. The lowest BCUT2D eigenvalue weighted by Crippen LogP contribution is -2.51. The van der Waals surface area contributed by atoms with Gasteiger partial charge in [-0.05, 0) is 5.92 Å². The molecule has 0 aliphatic carbocycles. The van der Waals surface area contributed by atoms with Gasteiger partial charge in [0.1, 0.15) is 11.9 Å². The minimum Gasteiger partial charge on any atom is -0.366 e. The second-order valence-electron chi connectivity index (χ2n) is 5.55. The van der Waals surface area contributed by atoms with Gasteiger partial charge in [0.15, 0.2) is 5.82 Å². The van der Waals surface area contributed by atoms with Gasteiger partial charge in [-0.3, -0.25) is 9.89 Å². The van der Waals surface area contributed by atoms with Crippen molar-refractivity contribution in [3.05, 3.63) is 11.6 Å². The lowest BCUT2D eigenvalue weighted by atomic mass is 9.98. The number of amides is 1. The maximum absolute atomic E-state index is 12.4. The monoisotopic (exact) mass is 331 g/mol. The number of nitrogens with two attached hydrogens (primary N) is 1. The van der Waals surface area contributed by atoms with Gasteiger partial charge in [0.05, 0.1) is 19.2 Å². The topological polar surface area (TPSA) is 97.1 Å². The summed E-state index contributed by atoms with van der Waals surface area (Å²) in [5, 5.41) is 7.05. The number of nitrogens with one attached hydrogen (secondary N) is 1. The minimum atomic E-state index is -0.452. The van der Waals surface area contributed by atoms with Crippen LogP contribution in [0.5, 0.6) is 0 Å². The molecule has 0 radical (unpaired) electrons. The zero-order valence-corrected chi connectivity index (χ0v) is 14.2. The summed E-state index contributed by atoms with van der Waals surface area (Å²) >= 11 is 0. The lowest BCUT2D eigenvalue weighted by Gasteiger charge is -2.34. The molecule has 8 heteroatoms. The quantitative estimate of drug-likeness (QED) is 0.841. The normalized spacial score (nSPS) is 21.1. The molecule has 0 saturated carbocycles. The molecule has 3 unspecified atom stereocenters. The van der Waals surface area contributed by atoms with Crippen molar-refractivity contribution >= 4 is 18.3 Å². The van der Waals surface area contributed by atoms with Crippen molar-refractivity contribution in [2.24, 2.45) is 11.7 Å². The van der Waals surface area contributed by atoms with E-state index in [-0.39, 0.29) is 30.3 Å². The summed E-state index contributed by atoms with van der Waals surface area (Å²) in [6.07, 6.45) is 1.41. The fourth-order valence-corrected chi connectivity index (χ4v) is 2.33. The van der Waals surface area contributed by atoms with E-state index in [2.05, 4.69) is 15.2 Å². The van der Waals surface area contributed by atoms with Gasteiger partial charge < -0.3 is 15.4 Å². The first-order valence-electron chi connectivity index (χ1n) is 7.63. The Bertz CT molecular complexity index is 482. The third-order valence-electron chi connectivity index (χ3n) is 4.09. The van der Waals surface area contributed by atoms with E-state index in [0.717, 1.165) is 18.7 Å². The molecule has 1 fully saturated rings. The smallest absolute Gasteiger partial charge is 0.239 e. The number of rotatable bonds is 5. The molecule has 1 aromatic heterocycles. The zero-order chi connectivity index (χ0) is 15.4. The molecule has 3 N–H and O–H groups in total. The molecule has 1 saturated heterocycles. The molecule has 2 rings (SSSR count). The summed E-state index contributed by atoms with van der Waals surface area (Å²) in [6, 6.07) is -0.452. The highest BCUT2D eigenvalue weighted by Crippen LogP contribution is 2.20. The molecule has 1 aromatic rings. The van der Waals surface area contributed by atoms with Crippen molar-refractivity contribution in [3.63, 3.8) is 0 Å². The maximum Gasteiger partial charge on any atom is 0.239 e. The van der Waals surface area contributed by atoms with E-state index in [9.17, 15) is 4.79 Å². The number of aromatic amines is 1. The third kappa shape index (κ3) is 4.18. The summed E-state index contributed by atoms with van der Waals surface area (Å²) < 4.78 is 5.69. The molecule has 7 nitrogen and oxygen atoms in total. The van der Waals surface area contributed by atoms with E-state index < -0.39 is 6.04 Å². The van der Waals surface area contributed by atoms with Gasteiger partial charge in [0, 0.05) is 13.0 Å². The molecule has 1 amide bonds. The Morgan fingerprint density at radius 2 is 2.27 bits per heavy atom.